The zero-order valence-electron chi connectivity index (χ0n) is 9.43. The number of aromatic amines is 1. The SMILES string of the molecule is Cc1ncc(S(=O)(=O)Nc2ncccc2C)[nH]1. The van der Waals surface area contributed by atoms with E-state index in [1.807, 2.05) is 0 Å². The lowest BCUT2D eigenvalue weighted by molar-refractivity contribution is 0.598. The monoisotopic (exact) mass is 252 g/mol. The van der Waals surface area contributed by atoms with Crippen LogP contribution < -0.4 is 4.72 Å². The fourth-order valence-corrected chi connectivity index (χ4v) is 2.36. The molecule has 0 saturated heterocycles. The Labute approximate surface area is 99.2 Å². The van der Waals surface area contributed by atoms with Crippen molar-refractivity contribution >= 4 is 15.8 Å². The molecule has 0 bridgehead atoms. The summed E-state index contributed by atoms with van der Waals surface area (Å²) in [6.07, 6.45) is 2.80. The van der Waals surface area contributed by atoms with Crippen LogP contribution in [0, 0.1) is 13.8 Å². The van der Waals surface area contributed by atoms with Gasteiger partial charge < -0.3 is 4.98 Å². The smallest absolute Gasteiger partial charge is 0.280 e. The van der Waals surface area contributed by atoms with Gasteiger partial charge in [-0.3, -0.25) is 4.72 Å². The van der Waals surface area contributed by atoms with E-state index in [1.54, 1.807) is 26.0 Å². The van der Waals surface area contributed by atoms with E-state index in [1.165, 1.54) is 12.4 Å². The highest BCUT2D eigenvalue weighted by Crippen LogP contribution is 2.15. The Morgan fingerprint density at radius 1 is 1.29 bits per heavy atom. The van der Waals surface area contributed by atoms with Crippen LogP contribution in [0.2, 0.25) is 0 Å². The molecule has 6 nitrogen and oxygen atoms in total. The summed E-state index contributed by atoms with van der Waals surface area (Å²) >= 11 is 0. The van der Waals surface area contributed by atoms with E-state index >= 15 is 0 Å². The Hall–Kier alpha value is -1.89. The average molecular weight is 252 g/mol. The van der Waals surface area contributed by atoms with Gasteiger partial charge in [0.15, 0.2) is 5.03 Å². The highest BCUT2D eigenvalue weighted by molar-refractivity contribution is 7.92. The lowest BCUT2D eigenvalue weighted by atomic mass is 10.3. The molecule has 0 radical (unpaired) electrons. The van der Waals surface area contributed by atoms with Crippen molar-refractivity contribution < 1.29 is 8.42 Å². The molecule has 0 fully saturated rings. The first-order valence-corrected chi connectivity index (χ1v) is 6.43. The average Bonchev–Trinajstić information content (AvgIpc) is 2.69. The molecule has 2 aromatic rings. The Morgan fingerprint density at radius 2 is 2.06 bits per heavy atom. The maximum absolute atomic E-state index is 11.9. The lowest BCUT2D eigenvalue weighted by Crippen LogP contribution is -2.15. The van der Waals surface area contributed by atoms with Gasteiger partial charge in [-0.05, 0) is 25.5 Å². The van der Waals surface area contributed by atoms with Crippen molar-refractivity contribution in [3.8, 4) is 0 Å². The highest BCUT2D eigenvalue weighted by Gasteiger charge is 2.17. The molecule has 0 spiro atoms. The first-order chi connectivity index (χ1) is 7.99. The molecule has 7 heteroatoms. The van der Waals surface area contributed by atoms with Crippen LogP contribution in [0.5, 0.6) is 0 Å². The second-order valence-corrected chi connectivity index (χ2v) is 5.26. The van der Waals surface area contributed by atoms with E-state index in [0.717, 1.165) is 5.56 Å². The van der Waals surface area contributed by atoms with Gasteiger partial charge in [0.1, 0.15) is 11.6 Å². The van der Waals surface area contributed by atoms with Crippen LogP contribution >= 0.6 is 0 Å². The Bertz CT molecular complexity index is 633. The molecular formula is C10H12N4O2S. The molecule has 90 valence electrons. The molecule has 0 atom stereocenters. The van der Waals surface area contributed by atoms with Crippen molar-refractivity contribution in [3.05, 3.63) is 35.9 Å². The minimum absolute atomic E-state index is 0.0278. The molecule has 17 heavy (non-hydrogen) atoms. The molecule has 0 amide bonds. The molecule has 0 aliphatic rings. The molecule has 0 aliphatic heterocycles. The van der Waals surface area contributed by atoms with E-state index in [4.69, 9.17) is 0 Å². The second kappa shape index (κ2) is 4.17. The van der Waals surface area contributed by atoms with Crippen molar-refractivity contribution in [3.63, 3.8) is 0 Å². The number of rotatable bonds is 3. The van der Waals surface area contributed by atoms with Crippen LogP contribution in [-0.2, 0) is 10.0 Å². The van der Waals surface area contributed by atoms with Crippen LogP contribution in [0.3, 0.4) is 0 Å². The van der Waals surface area contributed by atoms with Crippen LogP contribution in [0.4, 0.5) is 5.82 Å². The molecule has 2 heterocycles. The third kappa shape index (κ3) is 2.44. The van der Waals surface area contributed by atoms with Crippen molar-refractivity contribution in [1.29, 1.82) is 0 Å². The van der Waals surface area contributed by atoms with Crippen LogP contribution in [0.25, 0.3) is 0 Å². The third-order valence-corrected chi connectivity index (χ3v) is 3.46. The Morgan fingerprint density at radius 3 is 2.65 bits per heavy atom. The number of aromatic nitrogens is 3. The van der Waals surface area contributed by atoms with E-state index in [2.05, 4.69) is 19.7 Å². The molecule has 2 aromatic heterocycles. The van der Waals surface area contributed by atoms with Gasteiger partial charge in [-0.2, -0.15) is 8.42 Å². The summed E-state index contributed by atoms with van der Waals surface area (Å²) in [4.78, 5) is 10.5. The van der Waals surface area contributed by atoms with Crippen molar-refractivity contribution in [2.45, 2.75) is 18.9 Å². The van der Waals surface area contributed by atoms with Gasteiger partial charge in [0.25, 0.3) is 10.0 Å². The van der Waals surface area contributed by atoms with Crippen LogP contribution in [0.15, 0.2) is 29.6 Å². The second-order valence-electron chi connectivity index (χ2n) is 3.61. The quantitative estimate of drug-likeness (QED) is 0.859. The van der Waals surface area contributed by atoms with E-state index in [0.29, 0.717) is 11.6 Å². The summed E-state index contributed by atoms with van der Waals surface area (Å²) < 4.78 is 26.3. The summed E-state index contributed by atoms with van der Waals surface area (Å²) in [7, 11) is -3.65. The molecule has 0 unspecified atom stereocenters. The Balaban J connectivity index is 2.33. The Kier molecular flexibility index (Phi) is 2.84. The van der Waals surface area contributed by atoms with E-state index in [9.17, 15) is 8.42 Å². The predicted molar refractivity (Wildman–Crippen MR) is 63.1 cm³/mol. The minimum Gasteiger partial charge on any atom is -0.332 e. The number of hydrogen-bond acceptors (Lipinski definition) is 4. The number of sulfonamides is 1. The number of pyridine rings is 1. The normalized spacial score (nSPS) is 11.4. The molecule has 0 aromatic carbocycles. The zero-order chi connectivity index (χ0) is 12.5. The van der Waals surface area contributed by atoms with Gasteiger partial charge in [0.2, 0.25) is 0 Å². The lowest BCUT2D eigenvalue weighted by Gasteiger charge is -2.07. The maximum atomic E-state index is 11.9. The van der Waals surface area contributed by atoms with Gasteiger partial charge in [-0.1, -0.05) is 6.07 Å². The molecule has 0 aliphatic carbocycles. The third-order valence-electron chi connectivity index (χ3n) is 2.21. The van der Waals surface area contributed by atoms with Crippen molar-refractivity contribution in [2.75, 3.05) is 4.72 Å². The number of imidazole rings is 1. The minimum atomic E-state index is -3.65. The van der Waals surface area contributed by atoms with Gasteiger partial charge in [-0.25, -0.2) is 9.97 Å². The summed E-state index contributed by atoms with van der Waals surface area (Å²) in [6.45, 7) is 3.47. The largest absolute Gasteiger partial charge is 0.332 e. The van der Waals surface area contributed by atoms with Gasteiger partial charge in [0, 0.05) is 6.20 Å². The summed E-state index contributed by atoms with van der Waals surface area (Å²) in [5.74, 6) is 0.864. The van der Waals surface area contributed by atoms with E-state index < -0.39 is 10.0 Å². The summed E-state index contributed by atoms with van der Waals surface area (Å²) in [5, 5.41) is 0.0278. The summed E-state index contributed by atoms with van der Waals surface area (Å²) in [5.41, 5.74) is 0.757. The summed E-state index contributed by atoms with van der Waals surface area (Å²) in [6, 6.07) is 3.52. The van der Waals surface area contributed by atoms with Gasteiger partial charge in [0.05, 0.1) is 6.20 Å². The van der Waals surface area contributed by atoms with Crippen LogP contribution in [0.1, 0.15) is 11.4 Å². The first-order valence-electron chi connectivity index (χ1n) is 4.95. The fraction of sp³-hybridized carbons (Fsp3) is 0.200. The first kappa shape index (κ1) is 11.6. The predicted octanol–water partition coefficient (Wildman–Crippen LogP) is 1.22. The number of H-pyrrole nitrogens is 1. The highest BCUT2D eigenvalue weighted by atomic mass is 32.2. The topological polar surface area (TPSA) is 87.7 Å². The number of anilines is 1. The van der Waals surface area contributed by atoms with Gasteiger partial charge >= 0.3 is 0 Å². The molecular weight excluding hydrogens is 240 g/mol. The maximum Gasteiger partial charge on any atom is 0.280 e. The molecule has 2 rings (SSSR count). The van der Waals surface area contributed by atoms with E-state index in [-0.39, 0.29) is 5.03 Å². The fourth-order valence-electron chi connectivity index (χ4n) is 1.31. The number of nitrogens with one attached hydrogen (secondary N) is 2. The van der Waals surface area contributed by atoms with Crippen molar-refractivity contribution in [1.82, 2.24) is 15.0 Å². The zero-order valence-corrected chi connectivity index (χ0v) is 10.2. The number of nitrogens with zero attached hydrogens (tertiary/aromatic N) is 2. The van der Waals surface area contributed by atoms with Crippen molar-refractivity contribution in [2.24, 2.45) is 0 Å². The number of aryl methyl sites for hydroxylation is 2. The molecule has 2 N–H and O–H groups in total. The number of hydrogen-bond donors (Lipinski definition) is 2. The standard InChI is InChI=1S/C10H12N4O2S/c1-7-4-3-5-11-10(7)14-17(15,16)9-6-12-8(2)13-9/h3-6H,1-2H3,(H,11,14)(H,12,13). The van der Waals surface area contributed by atoms with Crippen LogP contribution in [-0.4, -0.2) is 23.4 Å². The molecule has 0 saturated carbocycles. The van der Waals surface area contributed by atoms with Gasteiger partial charge in [-0.15, -0.1) is 0 Å².